The number of aryl methyl sites for hydroxylation is 1. The predicted molar refractivity (Wildman–Crippen MR) is 83.7 cm³/mol. The highest BCUT2D eigenvalue weighted by Crippen LogP contribution is 2.60. The lowest BCUT2D eigenvalue weighted by Gasteiger charge is -2.56. The lowest BCUT2D eigenvalue weighted by molar-refractivity contribution is -0.00943. The van der Waals surface area contributed by atoms with Crippen LogP contribution in [0.25, 0.3) is 0 Å². The number of nitrogens with one attached hydrogen (secondary N) is 1. The van der Waals surface area contributed by atoms with E-state index in [4.69, 9.17) is 15.8 Å². The summed E-state index contributed by atoms with van der Waals surface area (Å²) in [6.45, 7) is 2.20. The molecule has 0 aromatic carbocycles. The molecular formula is C17H26N4. The Kier molecular flexibility index (Phi) is 3.18. The van der Waals surface area contributed by atoms with E-state index in [0.29, 0.717) is 0 Å². The summed E-state index contributed by atoms with van der Waals surface area (Å²) in [6, 6.07) is 2.01. The second-order valence-corrected chi connectivity index (χ2v) is 7.66. The standard InChI is InChI=1S/C17H26N4/c1-2-3-14-7-15(21-18)20-16(19-14)17-8-11-4-12(9-17)6-13(5-11)10-17/h7,11-13H,2-6,8-10,18H2,1H3,(H,19,20,21). The Morgan fingerprint density at radius 3 is 2.29 bits per heavy atom. The molecule has 0 aliphatic heterocycles. The van der Waals surface area contributed by atoms with Crippen molar-refractivity contribution in [3.8, 4) is 0 Å². The first-order valence-electron chi connectivity index (χ1n) is 8.56. The average Bonchev–Trinajstić information content (AvgIpc) is 2.46. The number of rotatable bonds is 4. The van der Waals surface area contributed by atoms with Gasteiger partial charge in [0, 0.05) is 17.2 Å². The van der Waals surface area contributed by atoms with E-state index in [9.17, 15) is 0 Å². The fourth-order valence-corrected chi connectivity index (χ4v) is 5.58. The van der Waals surface area contributed by atoms with Gasteiger partial charge in [0.15, 0.2) is 0 Å². The van der Waals surface area contributed by atoms with Crippen molar-refractivity contribution in [2.75, 3.05) is 5.43 Å². The molecule has 1 heterocycles. The van der Waals surface area contributed by atoms with E-state index in [1.807, 2.05) is 6.07 Å². The van der Waals surface area contributed by atoms with Gasteiger partial charge in [-0.15, -0.1) is 0 Å². The monoisotopic (exact) mass is 286 g/mol. The van der Waals surface area contributed by atoms with Crippen LogP contribution in [0.5, 0.6) is 0 Å². The highest BCUT2D eigenvalue weighted by molar-refractivity contribution is 5.36. The topological polar surface area (TPSA) is 63.8 Å². The maximum absolute atomic E-state index is 5.63. The minimum absolute atomic E-state index is 0.254. The van der Waals surface area contributed by atoms with Crippen LogP contribution in [0.3, 0.4) is 0 Å². The molecule has 4 aliphatic carbocycles. The van der Waals surface area contributed by atoms with Crippen LogP contribution in [0.15, 0.2) is 6.07 Å². The SMILES string of the molecule is CCCc1cc(NN)nc(C23CC4CC(CC(C4)C2)C3)n1. The Morgan fingerprint density at radius 1 is 1.14 bits per heavy atom. The van der Waals surface area contributed by atoms with Crippen LogP contribution in [0.2, 0.25) is 0 Å². The molecule has 0 amide bonds. The molecule has 1 aromatic rings. The molecule has 4 nitrogen and oxygen atoms in total. The Labute approximate surface area is 126 Å². The van der Waals surface area contributed by atoms with Crippen LogP contribution in [0.1, 0.15) is 63.4 Å². The zero-order valence-corrected chi connectivity index (χ0v) is 12.9. The number of anilines is 1. The van der Waals surface area contributed by atoms with Crippen molar-refractivity contribution < 1.29 is 0 Å². The smallest absolute Gasteiger partial charge is 0.143 e. The van der Waals surface area contributed by atoms with E-state index in [1.54, 1.807) is 0 Å². The minimum atomic E-state index is 0.254. The van der Waals surface area contributed by atoms with Gasteiger partial charge >= 0.3 is 0 Å². The molecule has 1 aromatic heterocycles. The first kappa shape index (κ1) is 13.5. The molecule has 0 radical (unpaired) electrons. The van der Waals surface area contributed by atoms with E-state index >= 15 is 0 Å². The fourth-order valence-electron chi connectivity index (χ4n) is 5.58. The number of hydrogen-bond acceptors (Lipinski definition) is 4. The van der Waals surface area contributed by atoms with Gasteiger partial charge in [0.2, 0.25) is 0 Å². The first-order chi connectivity index (χ1) is 10.2. The van der Waals surface area contributed by atoms with Gasteiger partial charge in [0.1, 0.15) is 11.6 Å². The largest absolute Gasteiger partial charge is 0.308 e. The van der Waals surface area contributed by atoms with Gasteiger partial charge in [-0.25, -0.2) is 15.8 Å². The summed E-state index contributed by atoms with van der Waals surface area (Å²) in [5.74, 6) is 10.3. The van der Waals surface area contributed by atoms with Gasteiger partial charge in [0.05, 0.1) is 0 Å². The van der Waals surface area contributed by atoms with E-state index in [-0.39, 0.29) is 5.41 Å². The Balaban J connectivity index is 1.73. The quantitative estimate of drug-likeness (QED) is 0.659. The van der Waals surface area contributed by atoms with Crippen LogP contribution >= 0.6 is 0 Å². The van der Waals surface area contributed by atoms with Gasteiger partial charge in [-0.2, -0.15) is 0 Å². The van der Waals surface area contributed by atoms with Gasteiger partial charge in [-0.1, -0.05) is 13.3 Å². The van der Waals surface area contributed by atoms with Crippen LogP contribution in [-0.2, 0) is 11.8 Å². The summed E-state index contributed by atoms with van der Waals surface area (Å²) in [5.41, 5.74) is 4.15. The van der Waals surface area contributed by atoms with Crippen molar-refractivity contribution in [1.82, 2.24) is 9.97 Å². The molecule has 4 bridgehead atoms. The third kappa shape index (κ3) is 2.24. The number of nitrogens with zero attached hydrogens (tertiary/aromatic N) is 2. The molecule has 4 aliphatic rings. The summed E-state index contributed by atoms with van der Waals surface area (Å²) >= 11 is 0. The van der Waals surface area contributed by atoms with Crippen molar-refractivity contribution in [1.29, 1.82) is 0 Å². The molecule has 114 valence electrons. The normalized spacial score (nSPS) is 37.0. The number of nitrogen functional groups attached to an aromatic ring is 1. The maximum atomic E-state index is 5.63. The van der Waals surface area contributed by atoms with Crippen molar-refractivity contribution in [3.05, 3.63) is 17.6 Å². The van der Waals surface area contributed by atoms with Gasteiger partial charge in [-0.3, -0.25) is 0 Å². The predicted octanol–water partition coefficient (Wildman–Crippen LogP) is 3.18. The number of nitrogens with two attached hydrogens (primary N) is 1. The molecule has 0 spiro atoms. The van der Waals surface area contributed by atoms with Crippen molar-refractivity contribution >= 4 is 5.82 Å². The molecule has 5 rings (SSSR count). The highest BCUT2D eigenvalue weighted by atomic mass is 15.3. The molecule has 0 atom stereocenters. The second kappa shape index (κ2) is 4.94. The molecule has 4 heteroatoms. The molecule has 0 unspecified atom stereocenters. The summed E-state index contributed by atoms with van der Waals surface area (Å²) in [4.78, 5) is 9.73. The van der Waals surface area contributed by atoms with Gasteiger partial charge in [0.25, 0.3) is 0 Å². The summed E-state index contributed by atoms with van der Waals surface area (Å²) in [7, 11) is 0. The lowest BCUT2D eigenvalue weighted by atomic mass is 9.49. The molecule has 3 N–H and O–H groups in total. The molecule has 4 saturated carbocycles. The Hall–Kier alpha value is -1.16. The molecule has 0 saturated heterocycles. The average molecular weight is 286 g/mol. The van der Waals surface area contributed by atoms with E-state index < -0.39 is 0 Å². The second-order valence-electron chi connectivity index (χ2n) is 7.66. The van der Waals surface area contributed by atoms with Crippen molar-refractivity contribution in [2.24, 2.45) is 23.6 Å². The molecule has 21 heavy (non-hydrogen) atoms. The molecular weight excluding hydrogens is 260 g/mol. The van der Waals surface area contributed by atoms with E-state index in [0.717, 1.165) is 47.9 Å². The minimum Gasteiger partial charge on any atom is -0.308 e. The zero-order chi connectivity index (χ0) is 14.4. The summed E-state index contributed by atoms with van der Waals surface area (Å²) in [6.07, 6.45) is 10.4. The number of hydrazine groups is 1. The summed E-state index contributed by atoms with van der Waals surface area (Å²) < 4.78 is 0. The number of aromatic nitrogens is 2. The Bertz CT molecular complexity index is 504. The summed E-state index contributed by atoms with van der Waals surface area (Å²) in [5, 5.41) is 0. The van der Waals surface area contributed by atoms with Crippen molar-refractivity contribution in [3.63, 3.8) is 0 Å². The van der Waals surface area contributed by atoms with Crippen LogP contribution < -0.4 is 11.3 Å². The fraction of sp³-hybridized carbons (Fsp3) is 0.765. The third-order valence-corrected chi connectivity index (χ3v) is 5.95. The molecule has 4 fully saturated rings. The lowest BCUT2D eigenvalue weighted by Crippen LogP contribution is -2.49. The van der Waals surface area contributed by atoms with Crippen LogP contribution in [0.4, 0.5) is 5.82 Å². The maximum Gasteiger partial charge on any atom is 0.143 e. The first-order valence-corrected chi connectivity index (χ1v) is 8.56. The van der Waals surface area contributed by atoms with E-state index in [1.165, 1.54) is 38.5 Å². The van der Waals surface area contributed by atoms with E-state index in [2.05, 4.69) is 12.3 Å². The Morgan fingerprint density at radius 2 is 1.76 bits per heavy atom. The van der Waals surface area contributed by atoms with Crippen LogP contribution in [0, 0.1) is 17.8 Å². The van der Waals surface area contributed by atoms with Crippen molar-refractivity contribution in [2.45, 2.75) is 63.7 Å². The van der Waals surface area contributed by atoms with Crippen LogP contribution in [-0.4, -0.2) is 9.97 Å². The third-order valence-electron chi connectivity index (χ3n) is 5.95. The highest BCUT2D eigenvalue weighted by Gasteiger charge is 2.53. The van der Waals surface area contributed by atoms with Gasteiger partial charge < -0.3 is 5.43 Å². The number of hydrogen-bond donors (Lipinski definition) is 2. The van der Waals surface area contributed by atoms with Gasteiger partial charge in [-0.05, 0) is 62.7 Å². The zero-order valence-electron chi connectivity index (χ0n) is 12.9.